The van der Waals surface area contributed by atoms with Crippen molar-refractivity contribution in [2.45, 2.75) is 63.5 Å². The molecular formula is C30H44N6O4S. The van der Waals surface area contributed by atoms with E-state index in [9.17, 15) is 13.2 Å². The molecule has 10 nitrogen and oxygen atoms in total. The molecule has 0 spiro atoms. The van der Waals surface area contributed by atoms with E-state index in [0.717, 1.165) is 87.4 Å². The first-order chi connectivity index (χ1) is 19.7. The number of carbonyl (C=O) groups excluding carboxylic acids is 1. The zero-order valence-corrected chi connectivity index (χ0v) is 25.4. The maximum Gasteiger partial charge on any atom is 0.225 e. The van der Waals surface area contributed by atoms with Crippen LogP contribution in [0.5, 0.6) is 5.75 Å². The molecule has 5 rings (SSSR count). The summed E-state index contributed by atoms with van der Waals surface area (Å²) in [6.45, 7) is 2.90. The Morgan fingerprint density at radius 3 is 2.54 bits per heavy atom. The van der Waals surface area contributed by atoms with Crippen LogP contribution in [0.1, 0.15) is 50.5 Å². The lowest BCUT2D eigenvalue weighted by Crippen LogP contribution is -2.47. The van der Waals surface area contributed by atoms with Crippen molar-refractivity contribution in [1.29, 1.82) is 0 Å². The summed E-state index contributed by atoms with van der Waals surface area (Å²) in [5.74, 6) is 2.84. The van der Waals surface area contributed by atoms with Gasteiger partial charge in [-0.15, -0.1) is 0 Å². The number of amides is 1. The number of aromatic nitrogens is 2. The molecule has 1 saturated carbocycles. The number of rotatable bonds is 10. The van der Waals surface area contributed by atoms with E-state index in [4.69, 9.17) is 9.72 Å². The van der Waals surface area contributed by atoms with Crippen LogP contribution in [0.3, 0.4) is 0 Å². The number of ether oxygens (including phenoxy) is 1. The first-order valence-electron chi connectivity index (χ1n) is 14.9. The Balaban J connectivity index is 1.14. The summed E-state index contributed by atoms with van der Waals surface area (Å²) in [7, 11) is 1.26. The Hall–Kier alpha value is -2.92. The van der Waals surface area contributed by atoms with Gasteiger partial charge in [-0.05, 0) is 83.7 Å². The minimum atomic E-state index is -2.99. The monoisotopic (exact) mass is 584 g/mol. The van der Waals surface area contributed by atoms with Crippen LogP contribution in [0.25, 0.3) is 0 Å². The van der Waals surface area contributed by atoms with Gasteiger partial charge in [0.25, 0.3) is 0 Å². The number of sulfone groups is 1. The summed E-state index contributed by atoms with van der Waals surface area (Å²) in [5.41, 5.74) is 2.18. The van der Waals surface area contributed by atoms with Gasteiger partial charge in [-0.25, -0.2) is 13.4 Å². The third kappa shape index (κ3) is 7.48. The van der Waals surface area contributed by atoms with E-state index in [1.165, 1.54) is 6.26 Å². The molecule has 1 amide bonds. The molecule has 0 radical (unpaired) electrons. The van der Waals surface area contributed by atoms with Crippen molar-refractivity contribution in [3.63, 3.8) is 0 Å². The minimum Gasteiger partial charge on any atom is -0.493 e. The van der Waals surface area contributed by atoms with Crippen LogP contribution in [0.15, 0.2) is 30.5 Å². The molecule has 0 bridgehead atoms. The molecule has 2 aliphatic heterocycles. The molecule has 41 heavy (non-hydrogen) atoms. The van der Waals surface area contributed by atoms with Crippen molar-refractivity contribution >= 4 is 33.2 Å². The van der Waals surface area contributed by atoms with Crippen LogP contribution >= 0.6 is 0 Å². The molecule has 224 valence electrons. The first kappa shape index (κ1) is 29.6. The van der Waals surface area contributed by atoms with E-state index in [1.54, 1.807) is 6.20 Å². The molecule has 2 fully saturated rings. The Kier molecular flexibility index (Phi) is 9.33. The van der Waals surface area contributed by atoms with E-state index in [0.29, 0.717) is 30.9 Å². The third-order valence-corrected chi connectivity index (χ3v) is 9.77. The zero-order chi connectivity index (χ0) is 29.0. The molecule has 3 heterocycles. The average molecular weight is 585 g/mol. The SMILES string of the molecule is CN(C)C1CCN(C(=O)[C@H]2CC[C@H](Nc3nccc(N4CCc5c(OCCCS(C)(=O)=O)cccc54)n3)CC2)CC1. The van der Waals surface area contributed by atoms with E-state index >= 15 is 0 Å². The summed E-state index contributed by atoms with van der Waals surface area (Å²) in [6.07, 6.45) is 10.1. The van der Waals surface area contributed by atoms with Crippen LogP contribution < -0.4 is 15.0 Å². The van der Waals surface area contributed by atoms with Gasteiger partial charge in [-0.2, -0.15) is 4.98 Å². The third-order valence-electron chi connectivity index (χ3n) is 8.74. The van der Waals surface area contributed by atoms with E-state index in [2.05, 4.69) is 45.2 Å². The standard InChI is InChI=1S/C30H44N6O4S/c1-34(2)24-13-17-35(18-14-24)29(37)22-8-10-23(11-9-22)32-30-31-16-12-28(33-30)36-19-15-25-26(36)6-4-7-27(25)40-20-5-21-41(3,38)39/h4,6-7,12,16,22-24H,5,8-11,13-15,17-21H2,1-3H3,(H,31,32,33)/t22-,23-. The number of piperidine rings is 1. The van der Waals surface area contributed by atoms with Gasteiger partial charge in [-0.3, -0.25) is 4.79 Å². The number of fused-ring (bicyclic) bond motifs is 1. The maximum absolute atomic E-state index is 13.2. The number of nitrogens with one attached hydrogen (secondary N) is 1. The van der Waals surface area contributed by atoms with Crippen molar-refractivity contribution in [3.05, 3.63) is 36.0 Å². The molecule has 2 aromatic rings. The number of likely N-dealkylation sites (tertiary alicyclic amines) is 1. The highest BCUT2D eigenvalue weighted by molar-refractivity contribution is 7.90. The smallest absolute Gasteiger partial charge is 0.225 e. The normalized spacial score (nSPS) is 21.7. The van der Waals surface area contributed by atoms with Crippen LogP contribution in [-0.4, -0.2) is 98.5 Å². The zero-order valence-electron chi connectivity index (χ0n) is 24.6. The predicted molar refractivity (Wildman–Crippen MR) is 162 cm³/mol. The van der Waals surface area contributed by atoms with Crippen molar-refractivity contribution in [2.24, 2.45) is 5.92 Å². The summed E-state index contributed by atoms with van der Waals surface area (Å²) >= 11 is 0. The molecule has 1 aromatic carbocycles. The molecule has 1 N–H and O–H groups in total. The average Bonchev–Trinajstić information content (AvgIpc) is 3.40. The lowest BCUT2D eigenvalue weighted by molar-refractivity contribution is -0.138. The highest BCUT2D eigenvalue weighted by Gasteiger charge is 2.32. The van der Waals surface area contributed by atoms with Crippen molar-refractivity contribution in [3.8, 4) is 5.75 Å². The number of hydrogen-bond acceptors (Lipinski definition) is 9. The van der Waals surface area contributed by atoms with E-state index in [1.807, 2.05) is 18.2 Å². The van der Waals surface area contributed by atoms with Gasteiger partial charge in [0, 0.05) is 61.3 Å². The number of nitrogens with zero attached hydrogens (tertiary/aromatic N) is 5. The van der Waals surface area contributed by atoms with Crippen LogP contribution in [0.2, 0.25) is 0 Å². The van der Waals surface area contributed by atoms with Gasteiger partial charge in [-0.1, -0.05) is 6.07 Å². The van der Waals surface area contributed by atoms with Gasteiger partial charge in [0.15, 0.2) is 0 Å². The highest BCUT2D eigenvalue weighted by atomic mass is 32.2. The number of hydrogen-bond donors (Lipinski definition) is 1. The fourth-order valence-electron chi connectivity index (χ4n) is 6.38. The van der Waals surface area contributed by atoms with E-state index in [-0.39, 0.29) is 17.7 Å². The lowest BCUT2D eigenvalue weighted by Gasteiger charge is -2.38. The van der Waals surface area contributed by atoms with Crippen molar-refractivity contribution in [2.75, 3.05) is 62.6 Å². The Morgan fingerprint density at radius 2 is 1.83 bits per heavy atom. The predicted octanol–water partition coefficient (Wildman–Crippen LogP) is 3.51. The van der Waals surface area contributed by atoms with Crippen molar-refractivity contribution in [1.82, 2.24) is 19.8 Å². The van der Waals surface area contributed by atoms with Gasteiger partial charge >= 0.3 is 0 Å². The fourth-order valence-corrected chi connectivity index (χ4v) is 7.02. The molecular weight excluding hydrogens is 540 g/mol. The molecule has 0 atom stereocenters. The second-order valence-corrected chi connectivity index (χ2v) is 14.2. The largest absolute Gasteiger partial charge is 0.493 e. The van der Waals surface area contributed by atoms with E-state index < -0.39 is 9.84 Å². The maximum atomic E-state index is 13.2. The Morgan fingerprint density at radius 1 is 1.07 bits per heavy atom. The molecule has 1 saturated heterocycles. The van der Waals surface area contributed by atoms with Gasteiger partial charge in [0.2, 0.25) is 11.9 Å². The topological polar surface area (TPSA) is 108 Å². The van der Waals surface area contributed by atoms with Crippen LogP contribution in [0.4, 0.5) is 17.5 Å². The molecule has 1 aliphatic carbocycles. The quantitative estimate of drug-likeness (QED) is 0.420. The summed E-state index contributed by atoms with van der Waals surface area (Å²) < 4.78 is 28.8. The summed E-state index contributed by atoms with van der Waals surface area (Å²) in [6, 6.07) is 8.75. The molecule has 11 heteroatoms. The van der Waals surface area contributed by atoms with Crippen molar-refractivity contribution < 1.29 is 17.9 Å². The molecule has 3 aliphatic rings. The Labute approximate surface area is 244 Å². The summed E-state index contributed by atoms with van der Waals surface area (Å²) in [4.78, 5) is 29.0. The fraction of sp³-hybridized carbons (Fsp3) is 0.633. The number of carbonyl (C=O) groups is 1. The van der Waals surface area contributed by atoms with Gasteiger partial charge in [0.05, 0.1) is 12.4 Å². The number of benzene rings is 1. The van der Waals surface area contributed by atoms with Crippen LogP contribution in [0, 0.1) is 5.92 Å². The second-order valence-electron chi connectivity index (χ2n) is 11.9. The second kappa shape index (κ2) is 12.9. The van der Waals surface area contributed by atoms with Gasteiger partial charge in [0.1, 0.15) is 21.4 Å². The van der Waals surface area contributed by atoms with Gasteiger partial charge < -0.3 is 24.8 Å². The first-order valence-corrected chi connectivity index (χ1v) is 17.0. The number of anilines is 3. The minimum absolute atomic E-state index is 0.124. The lowest BCUT2D eigenvalue weighted by atomic mass is 9.84. The molecule has 1 aromatic heterocycles. The molecule has 0 unspecified atom stereocenters. The van der Waals surface area contributed by atoms with Crippen LogP contribution in [-0.2, 0) is 21.1 Å². The Bertz CT molecular complexity index is 1300. The highest BCUT2D eigenvalue weighted by Crippen LogP contribution is 2.39. The summed E-state index contributed by atoms with van der Waals surface area (Å²) in [5, 5.41) is 3.53.